The number of hydrogen-bond donors (Lipinski definition) is 1. The predicted octanol–water partition coefficient (Wildman–Crippen LogP) is 4.73. The molecule has 9 heteroatoms. The first-order valence-electron chi connectivity index (χ1n) is 9.98. The molecule has 0 radical (unpaired) electrons. The first kappa shape index (κ1) is 21.4. The number of nitrogens with zero attached hydrogens (tertiary/aromatic N) is 3. The summed E-state index contributed by atoms with van der Waals surface area (Å²) in [6.07, 6.45) is -2.05. The zero-order valence-corrected chi connectivity index (χ0v) is 17.2. The Balaban J connectivity index is 1.59. The van der Waals surface area contributed by atoms with E-state index in [4.69, 9.17) is 0 Å². The van der Waals surface area contributed by atoms with Crippen LogP contribution in [-0.2, 0) is 12.8 Å². The van der Waals surface area contributed by atoms with Crippen molar-refractivity contribution in [3.8, 4) is 17.5 Å². The van der Waals surface area contributed by atoms with Crippen molar-refractivity contribution in [2.75, 3.05) is 11.9 Å². The summed E-state index contributed by atoms with van der Waals surface area (Å²) in [7, 11) is 0. The minimum Gasteiger partial charge on any atom is -0.483 e. The number of amides is 1. The summed E-state index contributed by atoms with van der Waals surface area (Å²) in [6.45, 7) is 0.472. The molecular formula is C23H19F3N4O2. The summed E-state index contributed by atoms with van der Waals surface area (Å²) in [4.78, 5) is 13.0. The number of carbonyl (C=O) groups is 1. The maximum absolute atomic E-state index is 13.0. The molecule has 0 unspecified atom stereocenters. The Kier molecular flexibility index (Phi) is 5.61. The van der Waals surface area contributed by atoms with Gasteiger partial charge in [-0.1, -0.05) is 18.2 Å². The Hall–Kier alpha value is -3.80. The molecule has 0 saturated heterocycles. The SMILES string of the molecule is Cc1ccccc1-n1nc(C(=O)Nc2ccc(OCC(F)(F)F)c(C#N)c2)c2c1CCC2. The molecule has 164 valence electrons. The van der Waals surface area contributed by atoms with E-state index in [9.17, 15) is 23.2 Å². The molecule has 1 amide bonds. The van der Waals surface area contributed by atoms with Crippen molar-refractivity contribution in [2.24, 2.45) is 0 Å². The van der Waals surface area contributed by atoms with Gasteiger partial charge in [0.05, 0.1) is 11.3 Å². The molecule has 0 bridgehead atoms. The second-order valence-corrected chi connectivity index (χ2v) is 7.51. The lowest BCUT2D eigenvalue weighted by molar-refractivity contribution is -0.153. The van der Waals surface area contributed by atoms with E-state index < -0.39 is 18.7 Å². The molecule has 32 heavy (non-hydrogen) atoms. The van der Waals surface area contributed by atoms with Crippen molar-refractivity contribution in [1.82, 2.24) is 9.78 Å². The van der Waals surface area contributed by atoms with Gasteiger partial charge in [0.2, 0.25) is 0 Å². The third-order valence-electron chi connectivity index (χ3n) is 5.24. The number of hydrogen-bond acceptors (Lipinski definition) is 4. The molecule has 0 atom stereocenters. The van der Waals surface area contributed by atoms with Crippen LogP contribution >= 0.6 is 0 Å². The molecule has 3 aromatic rings. The Morgan fingerprint density at radius 3 is 2.75 bits per heavy atom. The molecule has 2 aromatic carbocycles. The van der Waals surface area contributed by atoms with Crippen LogP contribution < -0.4 is 10.1 Å². The van der Waals surface area contributed by atoms with Gasteiger partial charge in [0, 0.05) is 16.9 Å². The second-order valence-electron chi connectivity index (χ2n) is 7.51. The summed E-state index contributed by atoms with van der Waals surface area (Å²) >= 11 is 0. The second kappa shape index (κ2) is 8.38. The largest absolute Gasteiger partial charge is 0.483 e. The van der Waals surface area contributed by atoms with Crippen molar-refractivity contribution in [3.63, 3.8) is 0 Å². The quantitative estimate of drug-likeness (QED) is 0.622. The van der Waals surface area contributed by atoms with Crippen LogP contribution in [0.25, 0.3) is 5.69 Å². The van der Waals surface area contributed by atoms with E-state index in [0.29, 0.717) is 5.69 Å². The monoisotopic (exact) mass is 440 g/mol. The van der Waals surface area contributed by atoms with Gasteiger partial charge in [-0.3, -0.25) is 4.79 Å². The molecule has 1 aliphatic rings. The van der Waals surface area contributed by atoms with E-state index in [2.05, 4.69) is 15.2 Å². The molecule has 0 spiro atoms. The van der Waals surface area contributed by atoms with Crippen LogP contribution in [0.5, 0.6) is 5.75 Å². The molecule has 0 aliphatic heterocycles. The minimum absolute atomic E-state index is 0.109. The van der Waals surface area contributed by atoms with Gasteiger partial charge in [-0.15, -0.1) is 0 Å². The van der Waals surface area contributed by atoms with Crippen LogP contribution in [0.2, 0.25) is 0 Å². The van der Waals surface area contributed by atoms with E-state index in [-0.39, 0.29) is 17.0 Å². The Morgan fingerprint density at radius 2 is 2.03 bits per heavy atom. The summed E-state index contributed by atoms with van der Waals surface area (Å²) in [6, 6.07) is 13.5. The Morgan fingerprint density at radius 1 is 1.25 bits per heavy atom. The average Bonchev–Trinajstić information content (AvgIpc) is 3.35. The summed E-state index contributed by atoms with van der Waals surface area (Å²) < 4.78 is 43.7. The number of benzene rings is 2. The van der Waals surface area contributed by atoms with Gasteiger partial charge in [-0.2, -0.15) is 23.5 Å². The number of anilines is 1. The van der Waals surface area contributed by atoms with Gasteiger partial charge < -0.3 is 10.1 Å². The lowest BCUT2D eigenvalue weighted by Gasteiger charge is -2.12. The standard InChI is InChI=1S/C23H19F3N4O2/c1-14-5-2-3-7-18(14)30-19-8-4-6-17(19)21(29-30)22(31)28-16-9-10-20(15(11-16)12-27)32-13-23(24,25)26/h2-3,5,7,9-11H,4,6,8,13H2,1H3,(H,28,31). The number of rotatable bonds is 5. The van der Waals surface area contributed by atoms with Gasteiger partial charge in [0.1, 0.15) is 11.8 Å². The molecule has 0 fully saturated rings. The van der Waals surface area contributed by atoms with Crippen molar-refractivity contribution in [1.29, 1.82) is 5.26 Å². The van der Waals surface area contributed by atoms with Crippen LogP contribution in [0.4, 0.5) is 18.9 Å². The first-order valence-corrected chi connectivity index (χ1v) is 9.98. The van der Waals surface area contributed by atoms with E-state index in [1.807, 2.05) is 31.2 Å². The maximum Gasteiger partial charge on any atom is 0.422 e. The summed E-state index contributed by atoms with van der Waals surface area (Å²) in [5.41, 5.74) is 4.28. The lowest BCUT2D eigenvalue weighted by atomic mass is 10.1. The van der Waals surface area contributed by atoms with Crippen molar-refractivity contribution < 1.29 is 22.7 Å². The van der Waals surface area contributed by atoms with Gasteiger partial charge in [0.15, 0.2) is 12.3 Å². The molecule has 4 rings (SSSR count). The molecule has 1 aliphatic carbocycles. The van der Waals surface area contributed by atoms with Crippen molar-refractivity contribution >= 4 is 11.6 Å². The van der Waals surface area contributed by atoms with E-state index in [1.165, 1.54) is 18.2 Å². The number of ether oxygens (including phenoxy) is 1. The van der Waals surface area contributed by atoms with Crippen LogP contribution in [0.3, 0.4) is 0 Å². The lowest BCUT2D eigenvalue weighted by Crippen LogP contribution is -2.19. The average molecular weight is 440 g/mol. The van der Waals surface area contributed by atoms with Gasteiger partial charge in [-0.05, 0) is 56.0 Å². The number of nitriles is 1. The molecule has 1 N–H and O–H groups in total. The Bertz CT molecular complexity index is 1220. The van der Waals surface area contributed by atoms with Crippen LogP contribution in [-0.4, -0.2) is 28.5 Å². The number of halogens is 3. The normalized spacial score (nSPS) is 12.8. The number of nitrogens with one attached hydrogen (secondary N) is 1. The topological polar surface area (TPSA) is 79.9 Å². The fourth-order valence-corrected chi connectivity index (χ4v) is 3.79. The van der Waals surface area contributed by atoms with Gasteiger partial charge >= 0.3 is 6.18 Å². The number of aryl methyl sites for hydroxylation is 1. The summed E-state index contributed by atoms with van der Waals surface area (Å²) in [5, 5.41) is 16.5. The fourth-order valence-electron chi connectivity index (χ4n) is 3.79. The van der Waals surface area contributed by atoms with Crippen molar-refractivity contribution in [3.05, 3.63) is 70.5 Å². The molecule has 1 heterocycles. The van der Waals surface area contributed by atoms with Gasteiger partial charge in [-0.25, -0.2) is 4.68 Å². The zero-order chi connectivity index (χ0) is 22.9. The number of aromatic nitrogens is 2. The fraction of sp³-hybridized carbons (Fsp3) is 0.261. The number of fused-ring (bicyclic) bond motifs is 1. The number of alkyl halides is 3. The smallest absolute Gasteiger partial charge is 0.422 e. The molecule has 0 saturated carbocycles. The number of para-hydroxylation sites is 1. The summed E-state index contributed by atoms with van der Waals surface area (Å²) in [5.74, 6) is -0.643. The highest BCUT2D eigenvalue weighted by Gasteiger charge is 2.29. The first-order chi connectivity index (χ1) is 15.3. The van der Waals surface area contributed by atoms with Crippen LogP contribution in [0.15, 0.2) is 42.5 Å². The number of carbonyl (C=O) groups excluding carboxylic acids is 1. The van der Waals surface area contributed by atoms with E-state index >= 15 is 0 Å². The van der Waals surface area contributed by atoms with E-state index in [1.54, 1.807) is 10.8 Å². The third kappa shape index (κ3) is 4.30. The molecular weight excluding hydrogens is 421 g/mol. The van der Waals surface area contributed by atoms with Gasteiger partial charge in [0.25, 0.3) is 5.91 Å². The highest BCUT2D eigenvalue weighted by Crippen LogP contribution is 2.30. The van der Waals surface area contributed by atoms with Crippen LogP contribution in [0.1, 0.15) is 39.3 Å². The predicted molar refractivity (Wildman–Crippen MR) is 111 cm³/mol. The highest BCUT2D eigenvalue weighted by atomic mass is 19.4. The van der Waals surface area contributed by atoms with Crippen LogP contribution in [0, 0.1) is 18.3 Å². The maximum atomic E-state index is 13.0. The van der Waals surface area contributed by atoms with Crippen molar-refractivity contribution in [2.45, 2.75) is 32.4 Å². The zero-order valence-electron chi connectivity index (χ0n) is 17.2. The Labute approximate surface area is 182 Å². The van der Waals surface area contributed by atoms with E-state index in [0.717, 1.165) is 41.8 Å². The molecule has 1 aromatic heterocycles. The highest BCUT2D eigenvalue weighted by molar-refractivity contribution is 6.04. The molecule has 6 nitrogen and oxygen atoms in total. The third-order valence-corrected chi connectivity index (χ3v) is 5.24. The minimum atomic E-state index is -4.52.